The van der Waals surface area contributed by atoms with E-state index in [-0.39, 0.29) is 0 Å². The molecule has 1 aliphatic heterocycles. The molecule has 7 aromatic carbocycles. The third kappa shape index (κ3) is 3.70. The third-order valence-electron chi connectivity index (χ3n) is 9.79. The van der Waals surface area contributed by atoms with Gasteiger partial charge >= 0.3 is 0 Å². The molecule has 1 spiro atoms. The molecule has 1 aliphatic carbocycles. The van der Waals surface area contributed by atoms with Gasteiger partial charge in [0, 0.05) is 43.6 Å². The van der Waals surface area contributed by atoms with E-state index in [2.05, 4.69) is 144 Å². The van der Waals surface area contributed by atoms with Gasteiger partial charge in [-0.1, -0.05) is 126 Å². The number of nitrogens with zero attached hydrogens (tertiary/aromatic N) is 1. The van der Waals surface area contributed by atoms with Crippen LogP contribution in [0, 0.1) is 0 Å². The third-order valence-corrected chi connectivity index (χ3v) is 11.4. The first-order valence-corrected chi connectivity index (χ1v) is 17.0. The van der Waals surface area contributed by atoms with Crippen molar-refractivity contribution in [2.75, 3.05) is 4.90 Å². The highest BCUT2D eigenvalue weighted by atomic mass is 35.5. The van der Waals surface area contributed by atoms with Crippen molar-refractivity contribution in [1.82, 2.24) is 0 Å². The Bertz CT molecular complexity index is 2490. The van der Waals surface area contributed by atoms with Crippen molar-refractivity contribution in [2.45, 2.75) is 15.2 Å². The number of anilines is 3. The molecule has 0 amide bonds. The Morgan fingerprint density at radius 3 is 2.00 bits per heavy atom. The second-order valence-corrected chi connectivity index (χ2v) is 13.6. The van der Waals surface area contributed by atoms with Gasteiger partial charge in [-0.25, -0.2) is 0 Å². The molecule has 222 valence electrons. The number of hydrogen-bond donors (Lipinski definition) is 0. The zero-order valence-corrected chi connectivity index (χ0v) is 26.7. The average molecular weight is 640 g/mol. The standard InChI is InChI=1S/C43H26ClNOS/c44-36-20-10-19-35-42(36)47-40-23-11-21-37(41(40)43(35)33-17-7-4-14-29(33)30-15-5-8-18-34(30)43)45(27-12-2-1-3-13-27)28-24-25-32-31-16-6-9-22-38(31)46-39(32)26-28/h1-26H. The quantitative estimate of drug-likeness (QED) is 0.191. The molecule has 0 unspecified atom stereocenters. The van der Waals surface area contributed by atoms with Gasteiger partial charge in [0.25, 0.3) is 0 Å². The molecule has 2 nitrogen and oxygen atoms in total. The van der Waals surface area contributed by atoms with E-state index in [4.69, 9.17) is 16.0 Å². The Morgan fingerprint density at radius 2 is 1.19 bits per heavy atom. The second kappa shape index (κ2) is 10.1. The van der Waals surface area contributed by atoms with Crippen LogP contribution in [0.1, 0.15) is 22.3 Å². The van der Waals surface area contributed by atoms with Crippen molar-refractivity contribution >= 4 is 62.4 Å². The maximum Gasteiger partial charge on any atom is 0.137 e. The van der Waals surface area contributed by atoms with Crippen molar-refractivity contribution in [1.29, 1.82) is 0 Å². The Morgan fingerprint density at radius 1 is 0.532 bits per heavy atom. The normalized spacial score (nSPS) is 13.7. The maximum atomic E-state index is 7.07. The van der Waals surface area contributed by atoms with Crippen LogP contribution >= 0.6 is 23.4 Å². The van der Waals surface area contributed by atoms with Crippen LogP contribution in [-0.4, -0.2) is 0 Å². The zero-order valence-electron chi connectivity index (χ0n) is 25.2. The van der Waals surface area contributed by atoms with E-state index in [0.29, 0.717) is 0 Å². The Balaban J connectivity index is 1.33. The lowest BCUT2D eigenvalue weighted by atomic mass is 9.66. The summed E-state index contributed by atoms with van der Waals surface area (Å²) in [6, 6.07) is 56.4. The van der Waals surface area contributed by atoms with Crippen LogP contribution in [0.5, 0.6) is 0 Å². The van der Waals surface area contributed by atoms with Crippen LogP contribution in [0.2, 0.25) is 5.02 Å². The molecule has 0 fully saturated rings. The molecule has 0 atom stereocenters. The summed E-state index contributed by atoms with van der Waals surface area (Å²) >= 11 is 8.84. The molecule has 2 heterocycles. The summed E-state index contributed by atoms with van der Waals surface area (Å²) in [6.07, 6.45) is 0. The molecule has 8 aromatic rings. The number of rotatable bonds is 3. The van der Waals surface area contributed by atoms with Crippen molar-refractivity contribution in [3.8, 4) is 11.1 Å². The van der Waals surface area contributed by atoms with E-state index in [0.717, 1.165) is 48.9 Å². The van der Waals surface area contributed by atoms with Gasteiger partial charge in [-0.3, -0.25) is 0 Å². The molecule has 0 saturated heterocycles. The fourth-order valence-electron chi connectivity index (χ4n) is 7.97. The molecule has 47 heavy (non-hydrogen) atoms. The lowest BCUT2D eigenvalue weighted by Gasteiger charge is -2.43. The summed E-state index contributed by atoms with van der Waals surface area (Å²) in [6.45, 7) is 0. The zero-order chi connectivity index (χ0) is 31.1. The summed E-state index contributed by atoms with van der Waals surface area (Å²) in [5, 5.41) is 3.02. The number of fused-ring (bicyclic) bond motifs is 12. The van der Waals surface area contributed by atoms with Crippen LogP contribution in [0.4, 0.5) is 17.1 Å². The van der Waals surface area contributed by atoms with Gasteiger partial charge in [-0.15, -0.1) is 0 Å². The van der Waals surface area contributed by atoms with Crippen LogP contribution in [0.25, 0.3) is 33.1 Å². The Kier molecular flexibility index (Phi) is 5.81. The molecular formula is C43H26ClNOS. The summed E-state index contributed by atoms with van der Waals surface area (Å²) in [5.74, 6) is 0. The predicted molar refractivity (Wildman–Crippen MR) is 195 cm³/mol. The van der Waals surface area contributed by atoms with E-state index >= 15 is 0 Å². The van der Waals surface area contributed by atoms with E-state index in [1.807, 2.05) is 18.2 Å². The summed E-state index contributed by atoms with van der Waals surface area (Å²) in [7, 11) is 0. The largest absolute Gasteiger partial charge is 0.456 e. The fourth-order valence-corrected chi connectivity index (χ4v) is 9.49. The fraction of sp³-hybridized carbons (Fsp3) is 0.0233. The van der Waals surface area contributed by atoms with Gasteiger partial charge < -0.3 is 9.32 Å². The van der Waals surface area contributed by atoms with E-state index in [1.54, 1.807) is 11.8 Å². The van der Waals surface area contributed by atoms with Crippen LogP contribution in [0.3, 0.4) is 0 Å². The van der Waals surface area contributed by atoms with Gasteiger partial charge in [-0.2, -0.15) is 0 Å². The number of furan rings is 1. The SMILES string of the molecule is Clc1cccc2c1Sc1cccc(N(c3ccccc3)c3ccc4c(c3)oc3ccccc34)c1C21c2ccccc2-c2ccccc21. The number of hydrogen-bond acceptors (Lipinski definition) is 3. The molecule has 2 aliphatic rings. The lowest BCUT2D eigenvalue weighted by molar-refractivity contribution is 0.669. The van der Waals surface area contributed by atoms with E-state index in [1.165, 1.54) is 38.3 Å². The topological polar surface area (TPSA) is 16.4 Å². The molecule has 0 bridgehead atoms. The van der Waals surface area contributed by atoms with Crippen LogP contribution in [0.15, 0.2) is 172 Å². The first-order chi connectivity index (χ1) is 23.2. The molecule has 0 N–H and O–H groups in total. The van der Waals surface area contributed by atoms with Gasteiger partial charge in [0.05, 0.1) is 16.1 Å². The summed E-state index contributed by atoms with van der Waals surface area (Å²) in [4.78, 5) is 4.70. The van der Waals surface area contributed by atoms with Crippen molar-refractivity contribution < 1.29 is 4.42 Å². The Labute approximate surface area is 281 Å². The predicted octanol–water partition coefficient (Wildman–Crippen LogP) is 12.5. The van der Waals surface area contributed by atoms with Gasteiger partial charge in [0.15, 0.2) is 0 Å². The number of para-hydroxylation sites is 2. The second-order valence-electron chi connectivity index (χ2n) is 12.2. The monoisotopic (exact) mass is 639 g/mol. The summed E-state index contributed by atoms with van der Waals surface area (Å²) < 4.78 is 6.43. The molecular weight excluding hydrogens is 614 g/mol. The molecule has 1 aromatic heterocycles. The highest BCUT2D eigenvalue weighted by Gasteiger charge is 2.52. The highest BCUT2D eigenvalue weighted by molar-refractivity contribution is 7.99. The highest BCUT2D eigenvalue weighted by Crippen LogP contribution is 2.65. The van der Waals surface area contributed by atoms with Gasteiger partial charge in [0.2, 0.25) is 0 Å². The van der Waals surface area contributed by atoms with Crippen molar-refractivity contribution in [2.24, 2.45) is 0 Å². The molecule has 0 saturated carbocycles. The minimum absolute atomic E-state index is 0.582. The van der Waals surface area contributed by atoms with Gasteiger partial charge in [-0.05, 0) is 76.3 Å². The molecule has 4 heteroatoms. The van der Waals surface area contributed by atoms with E-state index < -0.39 is 5.41 Å². The summed E-state index contributed by atoms with van der Waals surface area (Å²) in [5.41, 5.74) is 12.0. The van der Waals surface area contributed by atoms with Crippen molar-refractivity contribution in [3.63, 3.8) is 0 Å². The minimum Gasteiger partial charge on any atom is -0.456 e. The molecule has 0 radical (unpaired) electrons. The van der Waals surface area contributed by atoms with Crippen LogP contribution in [-0.2, 0) is 5.41 Å². The van der Waals surface area contributed by atoms with E-state index in [9.17, 15) is 0 Å². The maximum absolute atomic E-state index is 7.07. The van der Waals surface area contributed by atoms with Crippen molar-refractivity contribution in [3.05, 3.63) is 185 Å². The van der Waals surface area contributed by atoms with Gasteiger partial charge in [0.1, 0.15) is 11.2 Å². The van der Waals surface area contributed by atoms with Crippen LogP contribution < -0.4 is 4.90 Å². The average Bonchev–Trinajstić information content (AvgIpc) is 3.63. The first kappa shape index (κ1) is 26.9. The lowest BCUT2D eigenvalue weighted by Crippen LogP contribution is -2.34. The number of benzene rings is 7. The molecule has 10 rings (SSSR count). The minimum atomic E-state index is -0.582. The number of halogens is 1. The smallest absolute Gasteiger partial charge is 0.137 e. The Hall–Kier alpha value is -5.22. The first-order valence-electron chi connectivity index (χ1n) is 15.8.